The van der Waals surface area contributed by atoms with Gasteiger partial charge in [-0.1, -0.05) is 113 Å². The lowest BCUT2D eigenvalue weighted by atomic mass is 10.0. The molecule has 0 aliphatic carbocycles. The molecule has 0 saturated carbocycles. The zero-order valence-electron chi connectivity index (χ0n) is 51.1. The molecule has 96 heavy (non-hydrogen) atoms. The fourth-order valence-corrected chi connectivity index (χ4v) is 11.6. The largest absolute Gasteiger partial charge is 0.573 e. The van der Waals surface area contributed by atoms with Crippen LogP contribution in [0, 0.1) is 35.0 Å². The Bertz CT molecular complexity index is 4540. The Morgan fingerprint density at radius 2 is 0.979 bits per heavy atom. The molecular weight excluding hydrogens is 1360 g/mol. The highest BCUT2D eigenvalue weighted by atomic mass is 79.9. The number of nitrogens with zero attached hydrogens (tertiary/aromatic N) is 4. The number of halogens is 10. The van der Waals surface area contributed by atoms with Crippen LogP contribution in [-0.4, -0.2) is 56.2 Å². The fraction of sp³-hybridized carbons (Fsp3) is 0.0946. The summed E-state index contributed by atoms with van der Waals surface area (Å²) in [7, 11) is -0.00999. The third kappa shape index (κ3) is 22.7. The highest BCUT2D eigenvalue weighted by molar-refractivity contribution is 9.10. The molecule has 0 unspecified atom stereocenters. The number of methoxy groups -OCH3 is 2. The fourth-order valence-electron chi connectivity index (χ4n) is 9.01. The summed E-state index contributed by atoms with van der Waals surface area (Å²) in [5.74, 6) is -0.585. The first-order chi connectivity index (χ1) is 46.2. The molecule has 1 fully saturated rings. The van der Waals surface area contributed by atoms with Crippen LogP contribution in [-0.2, 0) is 16.6 Å². The van der Waals surface area contributed by atoms with Gasteiger partial charge in [-0.25, -0.2) is 45.3 Å². The van der Waals surface area contributed by atoms with Crippen molar-refractivity contribution in [2.45, 2.75) is 19.4 Å². The maximum Gasteiger partial charge on any atom is 0.573 e. The predicted octanol–water partition coefficient (Wildman–Crippen LogP) is 20.3. The number of hydrogen-bond donors (Lipinski definition) is 0. The molecule has 13 rings (SSSR count). The maximum absolute atomic E-state index is 13.4. The molecule has 10 nitrogen and oxygen atoms in total. The SMILES string of the molecule is COc1cccc(-c2cccc(F)c2)n1.COc1cccc(-c2ccsc2)n1.Fc1cccc(-c2cccc(COc3ccc(OC(F)(F)F)cc3)c2)c1.Fc1cccc(-c2cccnc2F)c1.Fc1cccc(Br)c1.O=S1(=O)CCCN1c1cccc(-c2cccc(F)c2)c1. The second-order valence-corrected chi connectivity index (χ2v) is 24.0. The first-order valence-corrected chi connectivity index (χ1v) is 32.3. The van der Waals surface area contributed by atoms with E-state index in [9.17, 15) is 47.9 Å². The zero-order valence-corrected chi connectivity index (χ0v) is 54.3. The summed E-state index contributed by atoms with van der Waals surface area (Å²) in [6.07, 6.45) is -2.72. The summed E-state index contributed by atoms with van der Waals surface area (Å²) >= 11 is 4.79. The predicted molar refractivity (Wildman–Crippen MR) is 361 cm³/mol. The Labute approximate surface area is 561 Å². The highest BCUT2D eigenvalue weighted by Gasteiger charge is 2.31. The lowest BCUT2D eigenvalue weighted by Gasteiger charge is -2.17. The number of alkyl halides is 3. The maximum atomic E-state index is 13.4. The van der Waals surface area contributed by atoms with Gasteiger partial charge in [0.15, 0.2) is 0 Å². The van der Waals surface area contributed by atoms with Gasteiger partial charge in [0, 0.05) is 51.4 Å². The minimum atomic E-state index is -4.72. The minimum absolute atomic E-state index is 0.192. The Morgan fingerprint density at radius 3 is 1.48 bits per heavy atom. The van der Waals surface area contributed by atoms with Crippen LogP contribution >= 0.6 is 27.3 Å². The monoisotopic (exact) mass is 1410 g/mol. The first-order valence-electron chi connectivity index (χ1n) is 29.0. The average molecular weight is 1410 g/mol. The van der Waals surface area contributed by atoms with Gasteiger partial charge in [-0.3, -0.25) is 4.31 Å². The van der Waals surface area contributed by atoms with Crippen LogP contribution in [0.5, 0.6) is 23.3 Å². The second kappa shape index (κ2) is 35.3. The molecule has 5 heterocycles. The number of pyridine rings is 3. The minimum Gasteiger partial charge on any atom is -0.489 e. The van der Waals surface area contributed by atoms with Crippen molar-refractivity contribution < 1.29 is 66.9 Å². The number of sulfonamides is 1. The molecule has 22 heteroatoms. The highest BCUT2D eigenvalue weighted by Crippen LogP contribution is 2.31. The topological polar surface area (TPSA) is 113 Å². The van der Waals surface area contributed by atoms with Gasteiger partial charge in [-0.2, -0.15) is 15.7 Å². The molecule has 0 amide bonds. The molecule has 8 aromatic carbocycles. The van der Waals surface area contributed by atoms with Gasteiger partial charge >= 0.3 is 6.36 Å². The molecule has 492 valence electrons. The summed E-state index contributed by atoms with van der Waals surface area (Å²) in [5.41, 5.74) is 8.99. The number of rotatable bonds is 12. The van der Waals surface area contributed by atoms with Crippen LogP contribution < -0.4 is 23.3 Å². The lowest BCUT2D eigenvalue weighted by Crippen LogP contribution is -2.24. The lowest BCUT2D eigenvalue weighted by molar-refractivity contribution is -0.274. The molecule has 0 bridgehead atoms. The summed E-state index contributed by atoms with van der Waals surface area (Å²) in [6.45, 7) is 0.734. The van der Waals surface area contributed by atoms with Crippen LogP contribution in [0.25, 0.3) is 55.9 Å². The molecule has 0 radical (unpaired) electrons. The molecule has 1 aliphatic rings. The summed E-state index contributed by atoms with van der Waals surface area (Å²) in [4.78, 5) is 12.0. The van der Waals surface area contributed by atoms with E-state index in [1.807, 2.05) is 84.2 Å². The van der Waals surface area contributed by atoms with Crippen molar-refractivity contribution in [3.05, 3.63) is 311 Å². The summed E-state index contributed by atoms with van der Waals surface area (Å²) in [5, 5.41) is 4.11. The van der Waals surface area contributed by atoms with E-state index in [1.165, 1.54) is 101 Å². The van der Waals surface area contributed by atoms with E-state index < -0.39 is 22.3 Å². The number of aromatic nitrogens is 3. The van der Waals surface area contributed by atoms with Gasteiger partial charge in [0.2, 0.25) is 27.7 Å². The van der Waals surface area contributed by atoms with Crippen molar-refractivity contribution in [3.63, 3.8) is 0 Å². The van der Waals surface area contributed by atoms with Crippen molar-refractivity contribution in [2.24, 2.45) is 0 Å². The standard InChI is InChI=1S/C20H14F4O2.C15H14FNO2S.C12H10FNO.C11H7F2N.C10H9NOS.C6H4BrF/c21-17-6-2-5-16(12-17)15-4-1-3-14(11-15)13-25-18-7-9-19(10-8-18)26-20(22,23)24;16-14-6-1-4-12(10-14)13-5-2-7-15(11-13)17-8-3-9-20(17,18)19;1-15-12-7-3-6-11(14-12)9-4-2-5-10(13)8-9;12-9-4-1-3-8(7-9)10-5-2-6-14-11(10)13;1-12-10-4-2-3-9(11-10)8-5-6-13-7-8;7-5-2-1-3-6(8)4-5/h1-12H,13H2;1-2,4-7,10-11H,3,8-9H2;2-8H,1H3;1-7H;2-7H,1H3;1-4H. The number of anilines is 1. The van der Waals surface area contributed by atoms with Gasteiger partial charge in [-0.05, 0) is 185 Å². The van der Waals surface area contributed by atoms with E-state index in [4.69, 9.17) is 14.2 Å². The van der Waals surface area contributed by atoms with Crippen molar-refractivity contribution in [1.29, 1.82) is 0 Å². The average Bonchev–Trinajstić information content (AvgIpc) is 1.62. The van der Waals surface area contributed by atoms with E-state index in [2.05, 4.69) is 41.0 Å². The van der Waals surface area contributed by atoms with E-state index in [0.29, 0.717) is 53.0 Å². The molecular formula is C74H58BrF9N4O6S2. The van der Waals surface area contributed by atoms with Crippen LogP contribution in [0.4, 0.5) is 45.2 Å². The van der Waals surface area contributed by atoms with Gasteiger partial charge in [0.05, 0.1) is 37.0 Å². The van der Waals surface area contributed by atoms with E-state index >= 15 is 0 Å². The van der Waals surface area contributed by atoms with E-state index in [0.717, 1.165) is 49.1 Å². The summed E-state index contributed by atoms with van der Waals surface area (Å²) in [6, 6.07) is 67.1. The Kier molecular flexibility index (Phi) is 26.3. The van der Waals surface area contributed by atoms with Crippen LogP contribution in [0.2, 0.25) is 0 Å². The van der Waals surface area contributed by atoms with Gasteiger partial charge in [0.1, 0.15) is 47.2 Å². The zero-order chi connectivity index (χ0) is 68.5. The first kappa shape index (κ1) is 71.6. The molecule has 0 spiro atoms. The van der Waals surface area contributed by atoms with Gasteiger partial charge in [-0.15, -0.1) is 13.2 Å². The molecule has 0 N–H and O–H groups in total. The molecule has 12 aromatic rings. The Hall–Kier alpha value is -10.3. The van der Waals surface area contributed by atoms with Crippen molar-refractivity contribution >= 4 is 43.0 Å². The quantitative estimate of drug-likeness (QED) is 0.0871. The molecule has 4 aromatic heterocycles. The van der Waals surface area contributed by atoms with E-state index in [1.54, 1.807) is 104 Å². The van der Waals surface area contributed by atoms with Crippen LogP contribution in [0.1, 0.15) is 12.0 Å². The van der Waals surface area contributed by atoms with Gasteiger partial charge in [0.25, 0.3) is 0 Å². The van der Waals surface area contributed by atoms with Crippen molar-refractivity contribution in [1.82, 2.24) is 15.0 Å². The number of hydrogen-bond acceptors (Lipinski definition) is 10. The number of ether oxygens (including phenoxy) is 4. The second-order valence-electron chi connectivity index (χ2n) is 20.3. The smallest absolute Gasteiger partial charge is 0.489 e. The number of thiophene rings is 1. The Balaban J connectivity index is 0.000000152. The normalized spacial score (nSPS) is 11.8. The third-order valence-corrected chi connectivity index (χ3v) is 16.5. The molecule has 0 atom stereocenters. The van der Waals surface area contributed by atoms with Crippen molar-refractivity contribution in [3.8, 4) is 79.2 Å². The Morgan fingerprint density at radius 1 is 0.500 bits per heavy atom. The van der Waals surface area contributed by atoms with E-state index in [-0.39, 0.29) is 47.2 Å². The molecule has 1 saturated heterocycles. The van der Waals surface area contributed by atoms with Gasteiger partial charge < -0.3 is 18.9 Å². The number of benzene rings is 8. The third-order valence-electron chi connectivity index (χ3n) is 13.4. The van der Waals surface area contributed by atoms with Crippen LogP contribution in [0.15, 0.2) is 270 Å². The summed E-state index contributed by atoms with van der Waals surface area (Å²) < 4.78 is 160. The van der Waals surface area contributed by atoms with Crippen LogP contribution in [0.3, 0.4) is 0 Å². The van der Waals surface area contributed by atoms with Crippen molar-refractivity contribution in [2.75, 3.05) is 30.8 Å². The molecule has 1 aliphatic heterocycles.